The molecule has 0 radical (unpaired) electrons. The Labute approximate surface area is 103 Å². The summed E-state index contributed by atoms with van der Waals surface area (Å²) in [5.74, 6) is 0.100. The summed E-state index contributed by atoms with van der Waals surface area (Å²) in [6, 6.07) is 0. The van der Waals surface area contributed by atoms with Crippen LogP contribution < -0.4 is 5.73 Å². The fraction of sp³-hybridized carbons (Fsp3) is 0.833. The Bertz CT molecular complexity index is 262. The van der Waals surface area contributed by atoms with Gasteiger partial charge in [0.15, 0.2) is 0 Å². The summed E-state index contributed by atoms with van der Waals surface area (Å²) in [5.41, 5.74) is 5.37. The minimum Gasteiger partial charge on any atom is -0.341 e. The van der Waals surface area contributed by atoms with Crippen LogP contribution in [0.25, 0.3) is 0 Å². The van der Waals surface area contributed by atoms with Crippen LogP contribution in [-0.2, 0) is 9.59 Å². The molecular weight excluding hydrogens is 218 g/mol. The molecule has 1 saturated heterocycles. The molecule has 0 aromatic heterocycles. The molecule has 5 nitrogen and oxygen atoms in total. The molecule has 0 unspecified atom stereocenters. The minimum atomic E-state index is 0.0333. The van der Waals surface area contributed by atoms with Gasteiger partial charge in [-0.25, -0.2) is 0 Å². The van der Waals surface area contributed by atoms with Crippen LogP contribution in [-0.4, -0.2) is 54.8 Å². The number of likely N-dealkylation sites (N-methyl/N-ethyl adjacent to an activating group) is 1. The van der Waals surface area contributed by atoms with Crippen molar-refractivity contribution in [2.24, 2.45) is 5.73 Å². The zero-order chi connectivity index (χ0) is 12.7. The van der Waals surface area contributed by atoms with E-state index in [0.29, 0.717) is 13.0 Å². The maximum atomic E-state index is 11.8. The van der Waals surface area contributed by atoms with Crippen molar-refractivity contribution in [3.8, 4) is 0 Å². The number of nitrogens with two attached hydrogens (primary N) is 1. The standard InChI is InChI=1S/C12H23N3O2/c1-14(11(16)6-2-3-7-13)10-12(17)15-8-4-5-9-15/h2-10,13H2,1H3. The number of amides is 2. The number of hydrogen-bond donors (Lipinski definition) is 1. The Kier molecular flexibility index (Phi) is 5.97. The first kappa shape index (κ1) is 14.0. The number of unbranched alkanes of at least 4 members (excludes halogenated alkanes) is 1. The molecule has 0 saturated carbocycles. The number of carbonyl (C=O) groups excluding carboxylic acids is 2. The van der Waals surface area contributed by atoms with Crippen LogP contribution in [0.1, 0.15) is 32.1 Å². The molecule has 1 fully saturated rings. The maximum Gasteiger partial charge on any atom is 0.242 e. The maximum absolute atomic E-state index is 11.8. The summed E-state index contributed by atoms with van der Waals surface area (Å²) >= 11 is 0. The summed E-state index contributed by atoms with van der Waals surface area (Å²) in [7, 11) is 1.69. The molecule has 0 aromatic rings. The van der Waals surface area contributed by atoms with Crippen molar-refractivity contribution in [2.75, 3.05) is 33.2 Å². The molecule has 1 aliphatic heterocycles. The van der Waals surface area contributed by atoms with Gasteiger partial charge in [-0.05, 0) is 32.2 Å². The first-order valence-corrected chi connectivity index (χ1v) is 6.37. The third kappa shape index (κ3) is 4.73. The van der Waals surface area contributed by atoms with E-state index >= 15 is 0 Å². The summed E-state index contributed by atoms with van der Waals surface area (Å²) in [6.45, 7) is 2.51. The second-order valence-corrected chi connectivity index (χ2v) is 4.58. The SMILES string of the molecule is CN(CC(=O)N1CCCC1)C(=O)CCCCN. The molecule has 1 aliphatic rings. The lowest BCUT2D eigenvalue weighted by molar-refractivity contribution is -0.138. The predicted octanol–water partition coefficient (Wildman–Crippen LogP) is 0.196. The van der Waals surface area contributed by atoms with Gasteiger partial charge in [-0.2, -0.15) is 0 Å². The van der Waals surface area contributed by atoms with Crippen molar-refractivity contribution >= 4 is 11.8 Å². The quantitative estimate of drug-likeness (QED) is 0.675. The largest absolute Gasteiger partial charge is 0.341 e. The van der Waals surface area contributed by atoms with E-state index in [0.717, 1.165) is 38.8 Å². The lowest BCUT2D eigenvalue weighted by Crippen LogP contribution is -2.39. The van der Waals surface area contributed by atoms with E-state index < -0.39 is 0 Å². The molecule has 0 bridgehead atoms. The summed E-state index contributed by atoms with van der Waals surface area (Å²) in [4.78, 5) is 26.8. The zero-order valence-electron chi connectivity index (χ0n) is 10.7. The Morgan fingerprint density at radius 1 is 1.24 bits per heavy atom. The Morgan fingerprint density at radius 3 is 2.47 bits per heavy atom. The highest BCUT2D eigenvalue weighted by Crippen LogP contribution is 2.08. The Morgan fingerprint density at radius 2 is 1.88 bits per heavy atom. The summed E-state index contributed by atoms with van der Waals surface area (Å²) < 4.78 is 0. The van der Waals surface area contributed by atoms with Crippen molar-refractivity contribution < 1.29 is 9.59 Å². The number of carbonyl (C=O) groups is 2. The van der Waals surface area contributed by atoms with Gasteiger partial charge < -0.3 is 15.5 Å². The van der Waals surface area contributed by atoms with Crippen LogP contribution in [0.15, 0.2) is 0 Å². The first-order valence-electron chi connectivity index (χ1n) is 6.37. The Hall–Kier alpha value is -1.10. The van der Waals surface area contributed by atoms with Gasteiger partial charge in [-0.15, -0.1) is 0 Å². The molecule has 2 amide bonds. The molecule has 98 valence electrons. The van der Waals surface area contributed by atoms with Gasteiger partial charge in [0.1, 0.15) is 0 Å². The van der Waals surface area contributed by atoms with Gasteiger partial charge in [0, 0.05) is 26.6 Å². The van der Waals surface area contributed by atoms with Crippen molar-refractivity contribution in [1.29, 1.82) is 0 Å². The molecule has 1 heterocycles. The van der Waals surface area contributed by atoms with Gasteiger partial charge in [0.2, 0.25) is 11.8 Å². The summed E-state index contributed by atoms with van der Waals surface area (Å²) in [5, 5.41) is 0. The molecule has 2 N–H and O–H groups in total. The molecule has 0 atom stereocenters. The minimum absolute atomic E-state index is 0.0333. The summed E-state index contributed by atoms with van der Waals surface area (Å²) in [6.07, 6.45) is 4.32. The number of likely N-dealkylation sites (tertiary alicyclic amines) is 1. The first-order chi connectivity index (χ1) is 8.15. The molecule has 1 rings (SSSR count). The normalized spacial score (nSPS) is 15.1. The van der Waals surface area contributed by atoms with E-state index in [1.807, 2.05) is 4.90 Å². The van der Waals surface area contributed by atoms with Crippen LogP contribution in [0, 0.1) is 0 Å². The predicted molar refractivity (Wildman–Crippen MR) is 66.4 cm³/mol. The van der Waals surface area contributed by atoms with E-state index in [2.05, 4.69) is 0 Å². The number of rotatable bonds is 6. The van der Waals surface area contributed by atoms with E-state index in [-0.39, 0.29) is 18.4 Å². The lowest BCUT2D eigenvalue weighted by atomic mass is 10.2. The van der Waals surface area contributed by atoms with E-state index in [1.165, 1.54) is 4.90 Å². The highest BCUT2D eigenvalue weighted by molar-refractivity contribution is 5.84. The smallest absolute Gasteiger partial charge is 0.242 e. The molecular formula is C12H23N3O2. The van der Waals surface area contributed by atoms with Crippen LogP contribution in [0.5, 0.6) is 0 Å². The van der Waals surface area contributed by atoms with E-state index in [1.54, 1.807) is 7.05 Å². The second kappa shape index (κ2) is 7.27. The molecule has 17 heavy (non-hydrogen) atoms. The highest BCUT2D eigenvalue weighted by Gasteiger charge is 2.20. The third-order valence-corrected chi connectivity index (χ3v) is 3.10. The van der Waals surface area contributed by atoms with Gasteiger partial charge in [-0.1, -0.05) is 0 Å². The second-order valence-electron chi connectivity index (χ2n) is 4.58. The van der Waals surface area contributed by atoms with Crippen molar-refractivity contribution in [3.05, 3.63) is 0 Å². The van der Waals surface area contributed by atoms with Crippen LogP contribution >= 0.6 is 0 Å². The average molecular weight is 241 g/mol. The zero-order valence-corrected chi connectivity index (χ0v) is 10.7. The number of hydrogen-bond acceptors (Lipinski definition) is 3. The van der Waals surface area contributed by atoms with E-state index in [9.17, 15) is 9.59 Å². The lowest BCUT2D eigenvalue weighted by Gasteiger charge is -2.21. The molecule has 5 heteroatoms. The topological polar surface area (TPSA) is 66.6 Å². The average Bonchev–Trinajstić information content (AvgIpc) is 2.82. The van der Waals surface area contributed by atoms with Crippen LogP contribution in [0.4, 0.5) is 0 Å². The van der Waals surface area contributed by atoms with Crippen LogP contribution in [0.3, 0.4) is 0 Å². The highest BCUT2D eigenvalue weighted by atomic mass is 16.2. The van der Waals surface area contributed by atoms with Gasteiger partial charge in [-0.3, -0.25) is 9.59 Å². The van der Waals surface area contributed by atoms with Crippen molar-refractivity contribution in [3.63, 3.8) is 0 Å². The molecule has 0 aliphatic carbocycles. The fourth-order valence-electron chi connectivity index (χ4n) is 1.97. The molecule has 0 aromatic carbocycles. The van der Waals surface area contributed by atoms with Crippen molar-refractivity contribution in [2.45, 2.75) is 32.1 Å². The van der Waals surface area contributed by atoms with Gasteiger partial charge in [0.25, 0.3) is 0 Å². The fourth-order valence-corrected chi connectivity index (χ4v) is 1.97. The van der Waals surface area contributed by atoms with Gasteiger partial charge >= 0.3 is 0 Å². The Balaban J connectivity index is 2.24. The monoisotopic (exact) mass is 241 g/mol. The van der Waals surface area contributed by atoms with Crippen LogP contribution in [0.2, 0.25) is 0 Å². The molecule has 0 spiro atoms. The third-order valence-electron chi connectivity index (χ3n) is 3.10. The van der Waals surface area contributed by atoms with Gasteiger partial charge in [0.05, 0.1) is 6.54 Å². The van der Waals surface area contributed by atoms with E-state index in [4.69, 9.17) is 5.73 Å². The van der Waals surface area contributed by atoms with Crippen molar-refractivity contribution in [1.82, 2.24) is 9.80 Å². The number of nitrogens with zero attached hydrogens (tertiary/aromatic N) is 2.